The van der Waals surface area contributed by atoms with E-state index in [0.29, 0.717) is 18.7 Å². The third-order valence-electron chi connectivity index (χ3n) is 3.97. The molecule has 134 valence electrons. The number of hydrogen-bond donors (Lipinski definition) is 2. The van der Waals surface area contributed by atoms with Gasteiger partial charge in [0.25, 0.3) is 5.91 Å². The van der Waals surface area contributed by atoms with Crippen LogP contribution >= 0.6 is 11.3 Å². The number of oxazole rings is 1. The molecule has 1 atom stereocenters. The number of thiazole rings is 1. The summed E-state index contributed by atoms with van der Waals surface area (Å²) in [5, 5.41) is 6.29. The van der Waals surface area contributed by atoms with Crippen molar-refractivity contribution in [3.05, 3.63) is 41.1 Å². The summed E-state index contributed by atoms with van der Waals surface area (Å²) in [7, 11) is 0. The summed E-state index contributed by atoms with van der Waals surface area (Å²) in [6.45, 7) is 2.61. The second-order valence-electron chi connectivity index (χ2n) is 5.88. The monoisotopic (exact) mass is 372 g/mol. The molecule has 3 heterocycles. The fourth-order valence-electron chi connectivity index (χ4n) is 2.70. The van der Waals surface area contributed by atoms with E-state index in [2.05, 4.69) is 20.6 Å². The van der Waals surface area contributed by atoms with Gasteiger partial charge in [-0.1, -0.05) is 0 Å². The van der Waals surface area contributed by atoms with E-state index in [9.17, 15) is 9.59 Å². The minimum absolute atomic E-state index is 0.0891. The molecule has 2 amide bonds. The predicted molar refractivity (Wildman–Crippen MR) is 94.1 cm³/mol. The molecule has 1 fully saturated rings. The van der Waals surface area contributed by atoms with Crippen molar-refractivity contribution in [3.8, 4) is 5.75 Å². The zero-order valence-corrected chi connectivity index (χ0v) is 14.8. The van der Waals surface area contributed by atoms with Gasteiger partial charge in [-0.05, 0) is 25.5 Å². The van der Waals surface area contributed by atoms with E-state index in [0.717, 1.165) is 15.2 Å². The summed E-state index contributed by atoms with van der Waals surface area (Å²) in [6, 6.07) is 5.15. The molecular weight excluding hydrogens is 356 g/mol. The van der Waals surface area contributed by atoms with Crippen LogP contribution in [0.15, 0.2) is 28.9 Å². The number of rotatable bonds is 5. The first-order valence-electron chi connectivity index (χ1n) is 8.11. The summed E-state index contributed by atoms with van der Waals surface area (Å²) in [5.41, 5.74) is 1.00. The highest BCUT2D eigenvalue weighted by Gasteiger charge is 2.27. The van der Waals surface area contributed by atoms with E-state index in [4.69, 9.17) is 9.15 Å². The molecule has 4 rings (SSSR count). The van der Waals surface area contributed by atoms with Gasteiger partial charge >= 0.3 is 0 Å². The second-order valence-corrected chi connectivity index (χ2v) is 7.12. The molecule has 2 N–H and O–H groups in total. The molecular formula is C17H16N4O4S. The molecule has 2 aromatic heterocycles. The van der Waals surface area contributed by atoms with E-state index in [1.807, 2.05) is 25.1 Å². The topological polar surface area (TPSA) is 106 Å². The number of carbonyl (C=O) groups is 2. The molecule has 1 aromatic carbocycles. The molecule has 3 aromatic rings. The van der Waals surface area contributed by atoms with Crippen LogP contribution in [0.5, 0.6) is 5.75 Å². The largest absolute Gasteiger partial charge is 0.484 e. The average Bonchev–Trinajstić information content (AvgIpc) is 3.32. The predicted octanol–water partition coefficient (Wildman–Crippen LogP) is 1.79. The third-order valence-corrected chi connectivity index (χ3v) is 4.92. The molecule has 1 aliphatic rings. The van der Waals surface area contributed by atoms with Gasteiger partial charge in [0.1, 0.15) is 18.1 Å². The summed E-state index contributed by atoms with van der Waals surface area (Å²) >= 11 is 1.62. The Morgan fingerprint density at radius 1 is 1.46 bits per heavy atom. The minimum atomic E-state index is -0.521. The van der Waals surface area contributed by atoms with Crippen LogP contribution in [-0.4, -0.2) is 34.4 Å². The molecule has 26 heavy (non-hydrogen) atoms. The van der Waals surface area contributed by atoms with Gasteiger partial charge in [0.2, 0.25) is 11.8 Å². The first kappa shape index (κ1) is 16.5. The van der Waals surface area contributed by atoms with E-state index < -0.39 is 11.9 Å². The summed E-state index contributed by atoms with van der Waals surface area (Å²) < 4.78 is 12.0. The molecule has 0 aliphatic carbocycles. The zero-order chi connectivity index (χ0) is 18.1. The number of hydrogen-bond acceptors (Lipinski definition) is 7. The Morgan fingerprint density at radius 3 is 3.15 bits per heavy atom. The smallest absolute Gasteiger partial charge is 0.273 e. The molecule has 0 bridgehead atoms. The Kier molecular flexibility index (Phi) is 4.29. The fraction of sp³-hybridized carbons (Fsp3) is 0.294. The van der Waals surface area contributed by atoms with Crippen molar-refractivity contribution in [2.75, 3.05) is 6.54 Å². The van der Waals surface area contributed by atoms with Gasteiger partial charge in [-0.3, -0.25) is 9.59 Å². The van der Waals surface area contributed by atoms with E-state index in [1.165, 1.54) is 6.26 Å². The number of aryl methyl sites for hydroxylation is 1. The normalized spacial score (nSPS) is 16.7. The van der Waals surface area contributed by atoms with Gasteiger partial charge in [-0.15, -0.1) is 11.3 Å². The first-order valence-corrected chi connectivity index (χ1v) is 8.93. The molecule has 8 nitrogen and oxygen atoms in total. The SMILES string of the molecule is Cc1nc2cc(OCc3nc(C(=O)N[C@@H]4CCNC4=O)co3)ccc2s1. The lowest BCUT2D eigenvalue weighted by Crippen LogP contribution is -2.40. The number of ether oxygens (including phenoxy) is 1. The lowest BCUT2D eigenvalue weighted by Gasteiger charge is -2.07. The molecule has 0 spiro atoms. The lowest BCUT2D eigenvalue weighted by atomic mass is 10.2. The fourth-order valence-corrected chi connectivity index (χ4v) is 3.51. The van der Waals surface area contributed by atoms with Gasteiger partial charge in [0.05, 0.1) is 15.2 Å². The van der Waals surface area contributed by atoms with Crippen molar-refractivity contribution in [1.82, 2.24) is 20.6 Å². The van der Waals surface area contributed by atoms with Gasteiger partial charge in [-0.2, -0.15) is 0 Å². The second kappa shape index (κ2) is 6.75. The number of fused-ring (bicyclic) bond motifs is 1. The maximum absolute atomic E-state index is 12.1. The van der Waals surface area contributed by atoms with Gasteiger partial charge in [0.15, 0.2) is 12.3 Å². The highest BCUT2D eigenvalue weighted by Crippen LogP contribution is 2.25. The van der Waals surface area contributed by atoms with E-state index in [1.54, 1.807) is 11.3 Å². The third kappa shape index (κ3) is 3.38. The Bertz CT molecular complexity index is 980. The van der Waals surface area contributed by atoms with Crippen LogP contribution in [0, 0.1) is 6.92 Å². The number of amides is 2. The lowest BCUT2D eigenvalue weighted by molar-refractivity contribution is -0.120. The van der Waals surface area contributed by atoms with Crippen LogP contribution in [0.3, 0.4) is 0 Å². The summed E-state index contributed by atoms with van der Waals surface area (Å²) in [5.74, 6) is 0.301. The Morgan fingerprint density at radius 2 is 2.35 bits per heavy atom. The van der Waals surface area contributed by atoms with E-state index in [-0.39, 0.29) is 24.1 Å². The highest BCUT2D eigenvalue weighted by molar-refractivity contribution is 7.18. The number of nitrogens with one attached hydrogen (secondary N) is 2. The van der Waals surface area contributed by atoms with Crippen LogP contribution in [0.4, 0.5) is 0 Å². The maximum atomic E-state index is 12.1. The molecule has 1 aliphatic heterocycles. The van der Waals surface area contributed by atoms with Crippen LogP contribution in [0.25, 0.3) is 10.2 Å². The van der Waals surface area contributed by atoms with Crippen molar-refractivity contribution in [2.45, 2.75) is 26.0 Å². The maximum Gasteiger partial charge on any atom is 0.273 e. The molecule has 0 saturated carbocycles. The summed E-state index contributed by atoms with van der Waals surface area (Å²) in [6.07, 6.45) is 1.82. The standard InChI is InChI=1S/C17H16N4O4S/c1-9-19-12-6-10(2-3-14(12)26-9)24-8-15-20-13(7-25-15)17(23)21-11-4-5-18-16(11)22/h2-3,6-7,11H,4-5,8H2,1H3,(H,18,22)(H,21,23)/t11-/m1/s1. The van der Waals surface area contributed by atoms with Crippen LogP contribution < -0.4 is 15.4 Å². The van der Waals surface area contributed by atoms with Crippen molar-refractivity contribution < 1.29 is 18.7 Å². The van der Waals surface area contributed by atoms with Gasteiger partial charge in [-0.25, -0.2) is 9.97 Å². The number of aromatic nitrogens is 2. The van der Waals surface area contributed by atoms with Crippen molar-refractivity contribution in [2.24, 2.45) is 0 Å². The van der Waals surface area contributed by atoms with Crippen LogP contribution in [-0.2, 0) is 11.4 Å². The number of carbonyl (C=O) groups excluding carboxylic acids is 2. The number of benzene rings is 1. The highest BCUT2D eigenvalue weighted by atomic mass is 32.1. The quantitative estimate of drug-likeness (QED) is 0.707. The molecule has 9 heteroatoms. The van der Waals surface area contributed by atoms with E-state index >= 15 is 0 Å². The molecule has 1 saturated heterocycles. The van der Waals surface area contributed by atoms with Gasteiger partial charge < -0.3 is 19.8 Å². The minimum Gasteiger partial charge on any atom is -0.484 e. The Labute approximate surface area is 152 Å². The van der Waals surface area contributed by atoms with Crippen molar-refractivity contribution >= 4 is 33.4 Å². The number of nitrogens with zero attached hydrogens (tertiary/aromatic N) is 2. The Hall–Kier alpha value is -2.94. The zero-order valence-electron chi connectivity index (χ0n) is 13.9. The van der Waals surface area contributed by atoms with Gasteiger partial charge in [0, 0.05) is 12.6 Å². The van der Waals surface area contributed by atoms with Crippen LogP contribution in [0.1, 0.15) is 27.8 Å². The first-order chi connectivity index (χ1) is 12.6. The molecule has 0 radical (unpaired) electrons. The molecule has 0 unspecified atom stereocenters. The summed E-state index contributed by atoms with van der Waals surface area (Å²) in [4.78, 5) is 32.2. The van der Waals surface area contributed by atoms with Crippen molar-refractivity contribution in [1.29, 1.82) is 0 Å². The Balaban J connectivity index is 1.38. The van der Waals surface area contributed by atoms with Crippen molar-refractivity contribution in [3.63, 3.8) is 0 Å². The average molecular weight is 372 g/mol. The van der Waals surface area contributed by atoms with Crippen LogP contribution in [0.2, 0.25) is 0 Å².